The van der Waals surface area contributed by atoms with Crippen molar-refractivity contribution < 1.29 is 23.5 Å². The number of nitrogens with zero attached hydrogens (tertiary/aromatic N) is 1. The van der Waals surface area contributed by atoms with Crippen molar-refractivity contribution in [3.63, 3.8) is 0 Å². The molecule has 0 saturated heterocycles. The largest absolute Gasteiger partial charge is 0.493 e. The molecular formula is C28H31FN2O4. The van der Waals surface area contributed by atoms with Gasteiger partial charge in [-0.15, -0.1) is 0 Å². The molecular weight excluding hydrogens is 447 g/mol. The van der Waals surface area contributed by atoms with Crippen LogP contribution in [-0.2, 0) is 22.6 Å². The van der Waals surface area contributed by atoms with E-state index in [0.717, 1.165) is 12.0 Å². The third-order valence-corrected chi connectivity index (χ3v) is 5.51. The fourth-order valence-corrected chi connectivity index (χ4v) is 3.67. The maximum atomic E-state index is 13.5. The number of ether oxygens (including phenoxy) is 2. The molecule has 1 atom stereocenters. The van der Waals surface area contributed by atoms with Gasteiger partial charge in [0.05, 0.1) is 7.11 Å². The fraction of sp³-hybridized carbons (Fsp3) is 0.286. The highest BCUT2D eigenvalue weighted by Gasteiger charge is 2.30. The predicted molar refractivity (Wildman–Crippen MR) is 133 cm³/mol. The summed E-state index contributed by atoms with van der Waals surface area (Å²) in [6.07, 6.45) is 1.10. The number of methoxy groups -OCH3 is 1. The first kappa shape index (κ1) is 25.7. The standard InChI is InChI=1S/C28H31FN2O4/c1-3-17-30-28(33)24(18-21-9-5-4-6-10-21)31(19-22-13-15-23(29)16-14-22)27(32)20-35-26-12-8-7-11-25(26)34-2/h4-16,24H,3,17-20H2,1-2H3,(H,30,33). The van der Waals surface area contributed by atoms with Crippen LogP contribution in [0.15, 0.2) is 78.9 Å². The molecule has 0 aliphatic carbocycles. The number of amides is 2. The molecule has 6 nitrogen and oxygen atoms in total. The van der Waals surface area contributed by atoms with E-state index >= 15 is 0 Å². The number of hydrogen-bond donors (Lipinski definition) is 1. The van der Waals surface area contributed by atoms with E-state index in [1.807, 2.05) is 43.3 Å². The second kappa shape index (κ2) is 13.1. The number of carbonyl (C=O) groups is 2. The average Bonchev–Trinajstić information content (AvgIpc) is 2.89. The third-order valence-electron chi connectivity index (χ3n) is 5.51. The van der Waals surface area contributed by atoms with Crippen LogP contribution in [-0.4, -0.2) is 43.0 Å². The number of halogens is 1. The molecule has 1 unspecified atom stereocenters. The number of hydrogen-bond acceptors (Lipinski definition) is 4. The van der Waals surface area contributed by atoms with Crippen LogP contribution in [0.3, 0.4) is 0 Å². The van der Waals surface area contributed by atoms with Crippen LogP contribution in [0.5, 0.6) is 11.5 Å². The lowest BCUT2D eigenvalue weighted by Gasteiger charge is -2.31. The molecule has 0 bridgehead atoms. The molecule has 0 heterocycles. The van der Waals surface area contributed by atoms with Gasteiger partial charge in [0.25, 0.3) is 5.91 Å². The monoisotopic (exact) mass is 478 g/mol. The predicted octanol–water partition coefficient (Wildman–Crippen LogP) is 4.38. The van der Waals surface area contributed by atoms with Gasteiger partial charge in [0.15, 0.2) is 18.1 Å². The minimum atomic E-state index is -0.775. The number of benzene rings is 3. The Morgan fingerprint density at radius 1 is 0.914 bits per heavy atom. The van der Waals surface area contributed by atoms with Crippen LogP contribution in [0.2, 0.25) is 0 Å². The van der Waals surface area contributed by atoms with Crippen molar-refractivity contribution in [2.24, 2.45) is 0 Å². The summed E-state index contributed by atoms with van der Waals surface area (Å²) in [5.74, 6) is -0.0454. The Balaban J connectivity index is 1.89. The van der Waals surface area contributed by atoms with Crippen molar-refractivity contribution in [3.05, 3.63) is 95.8 Å². The first-order valence-electron chi connectivity index (χ1n) is 11.6. The van der Waals surface area contributed by atoms with E-state index in [-0.39, 0.29) is 30.8 Å². The number of carbonyl (C=O) groups excluding carboxylic acids is 2. The lowest BCUT2D eigenvalue weighted by molar-refractivity contribution is -0.142. The van der Waals surface area contributed by atoms with Crippen molar-refractivity contribution in [1.29, 1.82) is 0 Å². The average molecular weight is 479 g/mol. The van der Waals surface area contributed by atoms with E-state index in [0.29, 0.717) is 30.0 Å². The molecule has 184 valence electrons. The summed E-state index contributed by atoms with van der Waals surface area (Å²) in [6, 6.07) is 21.7. The van der Waals surface area contributed by atoms with Gasteiger partial charge in [-0.25, -0.2) is 4.39 Å². The Morgan fingerprint density at radius 2 is 1.57 bits per heavy atom. The SMILES string of the molecule is CCCNC(=O)C(Cc1ccccc1)N(Cc1ccc(F)cc1)C(=O)COc1ccccc1OC. The summed E-state index contributed by atoms with van der Waals surface area (Å²) < 4.78 is 24.6. The summed E-state index contributed by atoms with van der Waals surface area (Å²) in [5, 5.41) is 2.92. The quantitative estimate of drug-likeness (QED) is 0.420. The van der Waals surface area contributed by atoms with Crippen molar-refractivity contribution in [2.45, 2.75) is 32.4 Å². The van der Waals surface area contributed by atoms with Gasteiger partial charge in [-0.3, -0.25) is 9.59 Å². The van der Waals surface area contributed by atoms with Gasteiger partial charge >= 0.3 is 0 Å². The fourth-order valence-electron chi connectivity index (χ4n) is 3.67. The highest BCUT2D eigenvalue weighted by molar-refractivity contribution is 5.88. The van der Waals surface area contributed by atoms with Crippen LogP contribution >= 0.6 is 0 Å². The zero-order chi connectivity index (χ0) is 25.0. The molecule has 1 N–H and O–H groups in total. The lowest BCUT2D eigenvalue weighted by Crippen LogP contribution is -2.51. The molecule has 0 aliphatic heterocycles. The number of nitrogens with one attached hydrogen (secondary N) is 1. The Labute approximate surface area is 205 Å². The second-order valence-corrected chi connectivity index (χ2v) is 8.08. The minimum absolute atomic E-state index is 0.130. The summed E-state index contributed by atoms with van der Waals surface area (Å²) >= 11 is 0. The Bertz CT molecular complexity index is 1090. The molecule has 0 fully saturated rings. The molecule has 3 aromatic rings. The summed E-state index contributed by atoms with van der Waals surface area (Å²) in [6.45, 7) is 2.31. The molecule has 2 amide bonds. The third kappa shape index (κ3) is 7.57. The van der Waals surface area contributed by atoms with E-state index in [1.165, 1.54) is 24.1 Å². The Hall–Kier alpha value is -3.87. The smallest absolute Gasteiger partial charge is 0.261 e. The normalized spacial score (nSPS) is 11.4. The Kier molecular flexibility index (Phi) is 9.66. The molecule has 0 aromatic heterocycles. The van der Waals surface area contributed by atoms with Crippen LogP contribution in [0.25, 0.3) is 0 Å². The molecule has 0 spiro atoms. The molecule has 35 heavy (non-hydrogen) atoms. The van der Waals surface area contributed by atoms with Crippen LogP contribution in [0.1, 0.15) is 24.5 Å². The topological polar surface area (TPSA) is 67.9 Å². The van der Waals surface area contributed by atoms with Gasteiger partial charge in [-0.05, 0) is 41.8 Å². The van der Waals surface area contributed by atoms with Gasteiger partial charge in [-0.2, -0.15) is 0 Å². The molecule has 0 radical (unpaired) electrons. The van der Waals surface area contributed by atoms with Gasteiger partial charge in [-0.1, -0.05) is 61.5 Å². The van der Waals surface area contributed by atoms with Crippen molar-refractivity contribution in [2.75, 3.05) is 20.3 Å². The van der Waals surface area contributed by atoms with Crippen LogP contribution in [0, 0.1) is 5.82 Å². The lowest BCUT2D eigenvalue weighted by atomic mass is 10.0. The second-order valence-electron chi connectivity index (χ2n) is 8.08. The van der Waals surface area contributed by atoms with Crippen LogP contribution < -0.4 is 14.8 Å². The zero-order valence-corrected chi connectivity index (χ0v) is 20.1. The maximum absolute atomic E-state index is 13.5. The summed E-state index contributed by atoms with van der Waals surface area (Å²) in [5.41, 5.74) is 1.63. The van der Waals surface area contributed by atoms with Crippen LogP contribution in [0.4, 0.5) is 4.39 Å². The first-order chi connectivity index (χ1) is 17.0. The molecule has 0 aliphatic rings. The van der Waals surface area contributed by atoms with Gasteiger partial charge in [0.2, 0.25) is 5.91 Å². The molecule has 0 saturated carbocycles. The highest BCUT2D eigenvalue weighted by Crippen LogP contribution is 2.26. The van der Waals surface area contributed by atoms with E-state index in [4.69, 9.17) is 9.47 Å². The Morgan fingerprint density at radius 3 is 2.23 bits per heavy atom. The number of rotatable bonds is 12. The first-order valence-corrected chi connectivity index (χ1v) is 11.6. The van der Waals surface area contributed by atoms with E-state index in [9.17, 15) is 14.0 Å². The van der Waals surface area contributed by atoms with E-state index in [1.54, 1.807) is 30.3 Å². The van der Waals surface area contributed by atoms with Crippen molar-refractivity contribution in [1.82, 2.24) is 10.2 Å². The van der Waals surface area contributed by atoms with Gasteiger partial charge in [0.1, 0.15) is 11.9 Å². The molecule has 7 heteroatoms. The zero-order valence-electron chi connectivity index (χ0n) is 20.1. The minimum Gasteiger partial charge on any atom is -0.493 e. The summed E-state index contributed by atoms with van der Waals surface area (Å²) in [4.78, 5) is 28.2. The van der Waals surface area contributed by atoms with E-state index in [2.05, 4.69) is 5.32 Å². The molecule has 3 rings (SSSR count). The summed E-state index contributed by atoms with van der Waals surface area (Å²) in [7, 11) is 1.53. The van der Waals surface area contributed by atoms with Crippen molar-refractivity contribution >= 4 is 11.8 Å². The van der Waals surface area contributed by atoms with E-state index < -0.39 is 6.04 Å². The van der Waals surface area contributed by atoms with Crippen molar-refractivity contribution in [3.8, 4) is 11.5 Å². The van der Waals surface area contributed by atoms with Gasteiger partial charge in [0, 0.05) is 19.5 Å². The highest BCUT2D eigenvalue weighted by atomic mass is 19.1. The maximum Gasteiger partial charge on any atom is 0.261 e. The van der Waals surface area contributed by atoms with Gasteiger partial charge < -0.3 is 19.7 Å². The number of para-hydroxylation sites is 2. The molecule has 3 aromatic carbocycles.